The van der Waals surface area contributed by atoms with Crippen LogP contribution in [0.4, 0.5) is 11.4 Å². The van der Waals surface area contributed by atoms with Crippen LogP contribution in [0.5, 0.6) is 0 Å². The third kappa shape index (κ3) is 2.75. The van der Waals surface area contributed by atoms with Gasteiger partial charge in [0.1, 0.15) is 5.69 Å². The second-order valence-electron chi connectivity index (χ2n) is 5.07. The summed E-state index contributed by atoms with van der Waals surface area (Å²) in [4.78, 5) is 12.2. The number of nitro groups is 1. The molecule has 2 unspecified atom stereocenters. The van der Waals surface area contributed by atoms with Gasteiger partial charge in [-0.3, -0.25) is 10.1 Å². The lowest BCUT2D eigenvalue weighted by molar-refractivity contribution is -0.384. The van der Waals surface area contributed by atoms with Crippen LogP contribution in [-0.2, 0) is 9.84 Å². The van der Waals surface area contributed by atoms with Crippen LogP contribution in [0.3, 0.4) is 0 Å². The molecule has 8 heteroatoms. The first-order valence-electron chi connectivity index (χ1n) is 6.13. The van der Waals surface area contributed by atoms with Gasteiger partial charge in [0, 0.05) is 24.9 Å². The number of hydrogen-bond acceptors (Lipinski definition) is 6. The summed E-state index contributed by atoms with van der Waals surface area (Å²) >= 11 is 0. The van der Waals surface area contributed by atoms with Crippen molar-refractivity contribution in [1.29, 1.82) is 0 Å². The fourth-order valence-electron chi connectivity index (χ4n) is 2.46. The highest BCUT2D eigenvalue weighted by Gasteiger charge is 2.32. The fraction of sp³-hybridized carbons (Fsp3) is 0.500. The van der Waals surface area contributed by atoms with Crippen molar-refractivity contribution in [3.63, 3.8) is 0 Å². The molecule has 1 aromatic rings. The third-order valence-electron chi connectivity index (χ3n) is 3.43. The van der Waals surface area contributed by atoms with E-state index >= 15 is 0 Å². The van der Waals surface area contributed by atoms with Crippen molar-refractivity contribution >= 4 is 21.2 Å². The van der Waals surface area contributed by atoms with E-state index in [2.05, 4.69) is 0 Å². The molecule has 0 saturated carbocycles. The predicted octanol–water partition coefficient (Wildman–Crippen LogP) is 0.958. The van der Waals surface area contributed by atoms with Gasteiger partial charge in [-0.05, 0) is 25.5 Å². The van der Waals surface area contributed by atoms with Crippen LogP contribution in [0.2, 0.25) is 0 Å². The Kier molecular flexibility index (Phi) is 3.70. The Labute approximate surface area is 116 Å². The van der Waals surface area contributed by atoms with E-state index in [4.69, 9.17) is 0 Å². The molecule has 1 N–H and O–H groups in total. The highest BCUT2D eigenvalue weighted by Crippen LogP contribution is 2.35. The van der Waals surface area contributed by atoms with E-state index < -0.39 is 20.9 Å². The van der Waals surface area contributed by atoms with Gasteiger partial charge < -0.3 is 10.0 Å². The minimum atomic E-state index is -3.50. The molecule has 2 atom stereocenters. The van der Waals surface area contributed by atoms with Crippen LogP contribution in [0.1, 0.15) is 13.3 Å². The van der Waals surface area contributed by atoms with Crippen molar-refractivity contribution in [2.45, 2.75) is 30.4 Å². The van der Waals surface area contributed by atoms with Crippen molar-refractivity contribution in [3.05, 3.63) is 28.3 Å². The lowest BCUT2D eigenvalue weighted by Gasteiger charge is -2.23. The lowest BCUT2D eigenvalue weighted by Crippen LogP contribution is -2.28. The molecule has 1 aliphatic rings. The molecule has 110 valence electrons. The summed E-state index contributed by atoms with van der Waals surface area (Å²) in [5.41, 5.74) is 0.0836. The number of β-amino-alcohol motifs (C(OH)–C–C–N with tert-alkyl or cyclic N) is 1. The van der Waals surface area contributed by atoms with Crippen molar-refractivity contribution in [2.75, 3.05) is 17.7 Å². The number of nitro benzene ring substituents is 1. The monoisotopic (exact) mass is 300 g/mol. The van der Waals surface area contributed by atoms with E-state index in [0.29, 0.717) is 18.7 Å². The molecule has 1 aromatic carbocycles. The maximum Gasteiger partial charge on any atom is 0.293 e. The second-order valence-corrected chi connectivity index (χ2v) is 7.09. The van der Waals surface area contributed by atoms with E-state index in [1.54, 1.807) is 4.90 Å². The topological polar surface area (TPSA) is 101 Å². The van der Waals surface area contributed by atoms with Gasteiger partial charge >= 0.3 is 0 Å². The van der Waals surface area contributed by atoms with Crippen molar-refractivity contribution in [2.24, 2.45) is 0 Å². The van der Waals surface area contributed by atoms with Gasteiger partial charge in [-0.1, -0.05) is 0 Å². The Morgan fingerprint density at radius 1 is 1.45 bits per heavy atom. The van der Waals surface area contributed by atoms with Gasteiger partial charge in [-0.2, -0.15) is 0 Å². The fourth-order valence-corrected chi connectivity index (χ4v) is 3.10. The average Bonchev–Trinajstić information content (AvgIpc) is 2.66. The van der Waals surface area contributed by atoms with Crippen molar-refractivity contribution in [3.8, 4) is 0 Å². The Hall–Kier alpha value is -1.67. The number of hydrogen-bond donors (Lipinski definition) is 1. The summed E-state index contributed by atoms with van der Waals surface area (Å²) in [5.74, 6) is 0. The normalized spacial score (nSPS) is 23.1. The number of aliphatic hydroxyl groups is 1. The Balaban J connectivity index is 2.52. The number of anilines is 1. The first-order valence-corrected chi connectivity index (χ1v) is 8.02. The molecule has 1 fully saturated rings. The number of rotatable bonds is 3. The highest BCUT2D eigenvalue weighted by atomic mass is 32.2. The largest absolute Gasteiger partial charge is 0.391 e. The molecule has 0 spiro atoms. The van der Waals surface area contributed by atoms with Crippen LogP contribution in [0.25, 0.3) is 0 Å². The summed E-state index contributed by atoms with van der Waals surface area (Å²) in [5, 5.41) is 20.8. The molecule has 0 bridgehead atoms. The first-order chi connectivity index (χ1) is 9.20. The third-order valence-corrected chi connectivity index (χ3v) is 4.54. The zero-order valence-electron chi connectivity index (χ0n) is 11.2. The Morgan fingerprint density at radius 2 is 2.10 bits per heavy atom. The van der Waals surface area contributed by atoms with Gasteiger partial charge in [0.25, 0.3) is 5.69 Å². The maximum atomic E-state index is 11.5. The summed E-state index contributed by atoms with van der Waals surface area (Å²) in [6.45, 7) is 2.17. The van der Waals surface area contributed by atoms with Crippen LogP contribution >= 0.6 is 0 Å². The van der Waals surface area contributed by atoms with E-state index in [-0.39, 0.29) is 16.6 Å². The van der Waals surface area contributed by atoms with Crippen LogP contribution in [-0.4, -0.2) is 43.4 Å². The Morgan fingerprint density at radius 3 is 2.55 bits per heavy atom. The minimum Gasteiger partial charge on any atom is -0.391 e. The van der Waals surface area contributed by atoms with Crippen LogP contribution < -0.4 is 4.90 Å². The van der Waals surface area contributed by atoms with Crippen LogP contribution in [0.15, 0.2) is 23.1 Å². The van der Waals surface area contributed by atoms with Crippen molar-refractivity contribution in [1.82, 2.24) is 0 Å². The molecule has 0 amide bonds. The lowest BCUT2D eigenvalue weighted by atomic mass is 10.2. The molecule has 1 heterocycles. The first kappa shape index (κ1) is 14.7. The molecule has 20 heavy (non-hydrogen) atoms. The van der Waals surface area contributed by atoms with Gasteiger partial charge in [0.05, 0.1) is 15.9 Å². The Bertz CT molecular complexity index is 643. The summed E-state index contributed by atoms with van der Waals surface area (Å²) < 4.78 is 23.0. The molecule has 1 aliphatic heterocycles. The molecule has 7 nitrogen and oxygen atoms in total. The molecule has 0 radical (unpaired) electrons. The van der Waals surface area contributed by atoms with Crippen LogP contribution in [0, 0.1) is 10.1 Å². The molecule has 0 aromatic heterocycles. The predicted molar refractivity (Wildman–Crippen MR) is 73.6 cm³/mol. The zero-order chi connectivity index (χ0) is 15.1. The maximum absolute atomic E-state index is 11.5. The molecular weight excluding hydrogens is 284 g/mol. The minimum absolute atomic E-state index is 0.0345. The quantitative estimate of drug-likeness (QED) is 0.659. The summed E-state index contributed by atoms with van der Waals surface area (Å²) in [7, 11) is -3.50. The molecule has 2 rings (SSSR count). The van der Waals surface area contributed by atoms with E-state index in [0.717, 1.165) is 12.3 Å². The smallest absolute Gasteiger partial charge is 0.293 e. The number of nitrogens with zero attached hydrogens (tertiary/aromatic N) is 2. The summed E-state index contributed by atoms with van der Waals surface area (Å²) in [6, 6.07) is 3.83. The average molecular weight is 300 g/mol. The highest BCUT2D eigenvalue weighted by molar-refractivity contribution is 7.90. The van der Waals surface area contributed by atoms with E-state index in [9.17, 15) is 23.6 Å². The van der Waals surface area contributed by atoms with E-state index in [1.807, 2.05) is 6.92 Å². The molecular formula is C12H16N2O5S. The standard InChI is InChI=1S/C12H16N2O5S/c1-8-5-9(15)7-13(8)11-4-3-10(20(2,18)19)6-12(11)14(16)17/h3-4,6,8-9,15H,5,7H2,1-2H3. The number of benzene rings is 1. The van der Waals surface area contributed by atoms with Crippen molar-refractivity contribution < 1.29 is 18.4 Å². The van der Waals surface area contributed by atoms with E-state index in [1.165, 1.54) is 12.1 Å². The molecule has 1 saturated heterocycles. The number of sulfone groups is 1. The SMILES string of the molecule is CC1CC(O)CN1c1ccc(S(C)(=O)=O)cc1[N+](=O)[O-]. The van der Waals surface area contributed by atoms with Gasteiger partial charge in [-0.25, -0.2) is 8.42 Å². The van der Waals surface area contributed by atoms with Gasteiger partial charge in [0.2, 0.25) is 0 Å². The second kappa shape index (κ2) is 5.02. The summed E-state index contributed by atoms with van der Waals surface area (Å²) in [6.07, 6.45) is 1.01. The van der Waals surface area contributed by atoms with Gasteiger partial charge in [0.15, 0.2) is 9.84 Å². The zero-order valence-corrected chi connectivity index (χ0v) is 12.0. The molecule has 0 aliphatic carbocycles. The van der Waals surface area contributed by atoms with Gasteiger partial charge in [-0.15, -0.1) is 0 Å². The number of aliphatic hydroxyl groups excluding tert-OH is 1.